The van der Waals surface area contributed by atoms with Gasteiger partial charge in [-0.2, -0.15) is 0 Å². The Kier molecular flexibility index (Phi) is 5.95. The Balaban J connectivity index is 2.51. The molecule has 0 saturated carbocycles. The van der Waals surface area contributed by atoms with E-state index in [-0.39, 0.29) is 18.1 Å². The average Bonchev–Trinajstić information content (AvgIpc) is 2.36. The Morgan fingerprint density at radius 2 is 2.11 bits per heavy atom. The van der Waals surface area contributed by atoms with E-state index in [1.165, 1.54) is 12.1 Å². The number of rotatable bonds is 5. The van der Waals surface area contributed by atoms with Gasteiger partial charge in [0.25, 0.3) is 5.91 Å². The molecule has 0 atom stereocenters. The highest BCUT2D eigenvalue weighted by atomic mass is 79.9. The lowest BCUT2D eigenvalue weighted by molar-refractivity contribution is -0.124. The van der Waals surface area contributed by atoms with Crippen LogP contribution >= 0.6 is 15.9 Å². The van der Waals surface area contributed by atoms with Crippen LogP contribution in [0.4, 0.5) is 4.39 Å². The zero-order valence-corrected chi connectivity index (χ0v) is 12.3. The van der Waals surface area contributed by atoms with E-state index < -0.39 is 11.8 Å². The maximum absolute atomic E-state index is 13.0. The number of halogens is 2. The van der Waals surface area contributed by atoms with Crippen molar-refractivity contribution in [2.45, 2.75) is 13.8 Å². The molecule has 1 aromatic rings. The lowest BCUT2D eigenvalue weighted by atomic mass is 10.2. The summed E-state index contributed by atoms with van der Waals surface area (Å²) in [4.78, 5) is 23.0. The van der Waals surface area contributed by atoms with Gasteiger partial charge in [-0.15, -0.1) is 0 Å². The van der Waals surface area contributed by atoms with E-state index in [1.54, 1.807) is 0 Å². The molecule has 0 saturated heterocycles. The zero-order chi connectivity index (χ0) is 14.4. The van der Waals surface area contributed by atoms with Gasteiger partial charge in [0, 0.05) is 11.0 Å². The lowest BCUT2D eigenvalue weighted by Gasteiger charge is -2.09. The maximum atomic E-state index is 13.0. The van der Waals surface area contributed by atoms with Crippen molar-refractivity contribution < 1.29 is 18.7 Å². The summed E-state index contributed by atoms with van der Waals surface area (Å²) in [7, 11) is 0. The zero-order valence-electron chi connectivity index (χ0n) is 10.7. The summed E-state index contributed by atoms with van der Waals surface area (Å²) >= 11 is 3.12. The first-order valence-electron chi connectivity index (χ1n) is 5.79. The molecule has 0 spiro atoms. The predicted octanol–water partition coefficient (Wildman–Crippen LogP) is 2.52. The maximum Gasteiger partial charge on any atom is 0.339 e. The van der Waals surface area contributed by atoms with Gasteiger partial charge >= 0.3 is 5.97 Å². The van der Waals surface area contributed by atoms with Crippen molar-refractivity contribution in [2.24, 2.45) is 5.92 Å². The molecule has 0 aliphatic heterocycles. The highest BCUT2D eigenvalue weighted by molar-refractivity contribution is 9.10. The Labute approximate surface area is 119 Å². The Bertz CT molecular complexity index is 477. The number of hydrogen-bond donors (Lipinski definition) is 1. The van der Waals surface area contributed by atoms with E-state index in [2.05, 4.69) is 21.2 Å². The molecule has 0 bridgehead atoms. The molecule has 1 amide bonds. The minimum Gasteiger partial charge on any atom is -0.452 e. The number of ether oxygens (including phenoxy) is 1. The molecular weight excluding hydrogens is 317 g/mol. The molecule has 0 unspecified atom stereocenters. The SMILES string of the molecule is CC(C)CNC(=O)COC(=O)c1cc(F)ccc1Br. The van der Waals surface area contributed by atoms with E-state index in [0.717, 1.165) is 6.07 Å². The van der Waals surface area contributed by atoms with Gasteiger partial charge in [0.15, 0.2) is 6.61 Å². The van der Waals surface area contributed by atoms with E-state index in [1.807, 2.05) is 13.8 Å². The number of carbonyl (C=O) groups is 2. The summed E-state index contributed by atoms with van der Waals surface area (Å²) in [5, 5.41) is 2.61. The van der Waals surface area contributed by atoms with E-state index in [4.69, 9.17) is 4.74 Å². The Morgan fingerprint density at radius 3 is 2.74 bits per heavy atom. The van der Waals surface area contributed by atoms with Gasteiger partial charge in [-0.05, 0) is 40.0 Å². The van der Waals surface area contributed by atoms with E-state index >= 15 is 0 Å². The summed E-state index contributed by atoms with van der Waals surface area (Å²) in [5.41, 5.74) is 0.0525. The van der Waals surface area contributed by atoms with Crippen molar-refractivity contribution in [3.05, 3.63) is 34.1 Å². The fourth-order valence-electron chi connectivity index (χ4n) is 1.23. The van der Waals surface area contributed by atoms with Crippen LogP contribution in [0.1, 0.15) is 24.2 Å². The van der Waals surface area contributed by atoms with Crippen molar-refractivity contribution >= 4 is 27.8 Å². The van der Waals surface area contributed by atoms with Crippen molar-refractivity contribution in [2.75, 3.05) is 13.2 Å². The molecule has 0 aromatic heterocycles. The van der Waals surface area contributed by atoms with Crippen LogP contribution in [0.15, 0.2) is 22.7 Å². The van der Waals surface area contributed by atoms with Gasteiger partial charge in [-0.1, -0.05) is 13.8 Å². The highest BCUT2D eigenvalue weighted by Crippen LogP contribution is 2.18. The van der Waals surface area contributed by atoms with Crippen LogP contribution in [0.2, 0.25) is 0 Å². The molecular formula is C13H15BrFNO3. The second-order valence-corrected chi connectivity index (χ2v) is 5.25. The van der Waals surface area contributed by atoms with E-state index in [9.17, 15) is 14.0 Å². The van der Waals surface area contributed by atoms with Crippen LogP contribution in [-0.4, -0.2) is 25.0 Å². The highest BCUT2D eigenvalue weighted by Gasteiger charge is 2.14. The third kappa shape index (κ3) is 5.38. The standard InChI is InChI=1S/C13H15BrFNO3/c1-8(2)6-16-12(17)7-19-13(18)10-5-9(15)3-4-11(10)14/h3-5,8H,6-7H2,1-2H3,(H,16,17). The van der Waals surface area contributed by atoms with Gasteiger partial charge in [-0.25, -0.2) is 9.18 Å². The van der Waals surface area contributed by atoms with Gasteiger partial charge < -0.3 is 10.1 Å². The van der Waals surface area contributed by atoms with Crippen LogP contribution in [0, 0.1) is 11.7 Å². The summed E-state index contributed by atoms with van der Waals surface area (Å²) in [6.45, 7) is 4.04. The molecule has 1 N–H and O–H groups in total. The van der Waals surface area contributed by atoms with Crippen LogP contribution in [0.25, 0.3) is 0 Å². The molecule has 0 radical (unpaired) electrons. The normalized spacial score (nSPS) is 10.4. The summed E-state index contributed by atoms with van der Waals surface area (Å²) in [6, 6.07) is 3.68. The van der Waals surface area contributed by atoms with Crippen LogP contribution in [-0.2, 0) is 9.53 Å². The Morgan fingerprint density at radius 1 is 1.42 bits per heavy atom. The molecule has 6 heteroatoms. The monoisotopic (exact) mass is 331 g/mol. The lowest BCUT2D eigenvalue weighted by Crippen LogP contribution is -2.31. The van der Waals surface area contributed by atoms with Crippen LogP contribution in [0.5, 0.6) is 0 Å². The number of amides is 1. The summed E-state index contributed by atoms with van der Waals surface area (Å²) in [6.07, 6.45) is 0. The first kappa shape index (κ1) is 15.6. The number of esters is 1. The number of nitrogens with one attached hydrogen (secondary N) is 1. The fraction of sp³-hybridized carbons (Fsp3) is 0.385. The largest absolute Gasteiger partial charge is 0.452 e. The third-order valence-electron chi connectivity index (χ3n) is 2.19. The molecule has 0 heterocycles. The molecule has 1 aromatic carbocycles. The Hall–Kier alpha value is -1.43. The fourth-order valence-corrected chi connectivity index (χ4v) is 1.64. The quantitative estimate of drug-likeness (QED) is 0.843. The van der Waals surface area contributed by atoms with Crippen molar-refractivity contribution in [3.63, 3.8) is 0 Å². The molecule has 0 fully saturated rings. The summed E-state index contributed by atoms with van der Waals surface area (Å²) in [5.74, 6) is -1.35. The number of benzene rings is 1. The minimum absolute atomic E-state index is 0.0525. The van der Waals surface area contributed by atoms with Crippen molar-refractivity contribution in [3.8, 4) is 0 Å². The first-order chi connectivity index (χ1) is 8.90. The molecule has 19 heavy (non-hydrogen) atoms. The predicted molar refractivity (Wildman–Crippen MR) is 72.2 cm³/mol. The van der Waals surface area contributed by atoms with Crippen molar-refractivity contribution in [1.29, 1.82) is 0 Å². The molecule has 0 aliphatic carbocycles. The smallest absolute Gasteiger partial charge is 0.339 e. The average molecular weight is 332 g/mol. The van der Waals surface area contributed by atoms with Gasteiger partial charge in [0.1, 0.15) is 5.82 Å². The van der Waals surface area contributed by atoms with Gasteiger partial charge in [0.2, 0.25) is 0 Å². The summed E-state index contributed by atoms with van der Waals surface area (Å²) < 4.78 is 18.2. The molecule has 104 valence electrons. The number of carbonyl (C=O) groups excluding carboxylic acids is 2. The topological polar surface area (TPSA) is 55.4 Å². The molecule has 1 rings (SSSR count). The van der Waals surface area contributed by atoms with Gasteiger partial charge in [0.05, 0.1) is 5.56 Å². The molecule has 4 nitrogen and oxygen atoms in total. The van der Waals surface area contributed by atoms with Crippen LogP contribution in [0.3, 0.4) is 0 Å². The van der Waals surface area contributed by atoms with Gasteiger partial charge in [-0.3, -0.25) is 4.79 Å². The second kappa shape index (κ2) is 7.23. The minimum atomic E-state index is -0.744. The number of hydrogen-bond acceptors (Lipinski definition) is 3. The first-order valence-corrected chi connectivity index (χ1v) is 6.58. The van der Waals surface area contributed by atoms with Crippen LogP contribution < -0.4 is 5.32 Å². The second-order valence-electron chi connectivity index (χ2n) is 4.40. The van der Waals surface area contributed by atoms with Crippen molar-refractivity contribution in [1.82, 2.24) is 5.32 Å². The van der Waals surface area contributed by atoms with E-state index in [0.29, 0.717) is 16.9 Å². The molecule has 0 aliphatic rings. The third-order valence-corrected chi connectivity index (χ3v) is 2.88.